The molecule has 0 saturated carbocycles. The SMILES string of the molecule is NC(CC(=O)O)c1ccc2c(c1Br)OCCO2. The average molecular weight is 302 g/mol. The minimum absolute atomic E-state index is 0.127. The van der Waals surface area contributed by atoms with E-state index in [9.17, 15) is 4.79 Å². The Morgan fingerprint density at radius 1 is 1.47 bits per heavy atom. The lowest BCUT2D eigenvalue weighted by Gasteiger charge is -2.22. The van der Waals surface area contributed by atoms with Gasteiger partial charge in [0.25, 0.3) is 0 Å². The standard InChI is InChI=1S/C11H12BrNO4/c12-10-6(7(13)5-9(14)15)1-2-8-11(10)17-4-3-16-8/h1-2,7H,3-5,13H2,(H,14,15). The molecule has 1 atom stereocenters. The number of nitrogens with two attached hydrogens (primary N) is 1. The van der Waals surface area contributed by atoms with Crippen LogP contribution in [0.4, 0.5) is 0 Å². The number of halogens is 1. The van der Waals surface area contributed by atoms with Gasteiger partial charge in [0.1, 0.15) is 13.2 Å². The number of hydrogen-bond donors (Lipinski definition) is 2. The second-order valence-corrected chi connectivity index (χ2v) is 4.49. The molecule has 0 amide bonds. The van der Waals surface area contributed by atoms with Crippen molar-refractivity contribution in [3.63, 3.8) is 0 Å². The predicted octanol–water partition coefficient (Wildman–Crippen LogP) is 1.69. The molecule has 3 N–H and O–H groups in total. The fourth-order valence-electron chi connectivity index (χ4n) is 1.68. The molecule has 5 nitrogen and oxygen atoms in total. The Labute approximate surface area is 107 Å². The maximum atomic E-state index is 10.6. The van der Waals surface area contributed by atoms with Crippen molar-refractivity contribution in [3.05, 3.63) is 22.2 Å². The fourth-order valence-corrected chi connectivity index (χ4v) is 2.42. The van der Waals surface area contributed by atoms with Crippen LogP contribution < -0.4 is 15.2 Å². The molecule has 0 aromatic heterocycles. The maximum Gasteiger partial charge on any atom is 0.305 e. The van der Waals surface area contributed by atoms with Crippen LogP contribution in [0.1, 0.15) is 18.0 Å². The topological polar surface area (TPSA) is 81.8 Å². The number of benzene rings is 1. The molecule has 0 bridgehead atoms. The van der Waals surface area contributed by atoms with E-state index in [-0.39, 0.29) is 6.42 Å². The van der Waals surface area contributed by atoms with Gasteiger partial charge in [0, 0.05) is 6.04 Å². The molecule has 2 rings (SSSR count). The number of carbonyl (C=O) groups is 1. The van der Waals surface area contributed by atoms with E-state index < -0.39 is 12.0 Å². The third-order valence-electron chi connectivity index (χ3n) is 2.47. The van der Waals surface area contributed by atoms with Gasteiger partial charge in [0.15, 0.2) is 11.5 Å². The molecular formula is C11H12BrNO4. The van der Waals surface area contributed by atoms with Crippen molar-refractivity contribution in [2.45, 2.75) is 12.5 Å². The van der Waals surface area contributed by atoms with Crippen molar-refractivity contribution in [3.8, 4) is 11.5 Å². The van der Waals surface area contributed by atoms with Gasteiger partial charge in [0.05, 0.1) is 10.9 Å². The van der Waals surface area contributed by atoms with Crippen molar-refractivity contribution < 1.29 is 19.4 Å². The molecule has 1 aromatic carbocycles. The van der Waals surface area contributed by atoms with Crippen molar-refractivity contribution >= 4 is 21.9 Å². The predicted molar refractivity (Wildman–Crippen MR) is 64.3 cm³/mol. The Morgan fingerprint density at radius 3 is 2.88 bits per heavy atom. The first-order chi connectivity index (χ1) is 8.09. The van der Waals surface area contributed by atoms with Gasteiger partial charge >= 0.3 is 5.97 Å². The molecule has 0 aliphatic carbocycles. The Kier molecular flexibility index (Phi) is 3.54. The van der Waals surface area contributed by atoms with Crippen molar-refractivity contribution in [2.75, 3.05) is 13.2 Å². The summed E-state index contributed by atoms with van der Waals surface area (Å²) in [6.07, 6.45) is -0.127. The van der Waals surface area contributed by atoms with Gasteiger partial charge < -0.3 is 20.3 Å². The second kappa shape index (κ2) is 4.93. The molecule has 1 aliphatic heterocycles. The van der Waals surface area contributed by atoms with E-state index in [4.69, 9.17) is 20.3 Å². The Hall–Kier alpha value is -1.27. The summed E-state index contributed by atoms with van der Waals surface area (Å²) in [5.74, 6) is 0.309. The molecule has 17 heavy (non-hydrogen) atoms. The number of aliphatic carboxylic acids is 1. The zero-order chi connectivity index (χ0) is 12.4. The van der Waals surface area contributed by atoms with E-state index >= 15 is 0 Å². The lowest BCUT2D eigenvalue weighted by atomic mass is 10.0. The maximum absolute atomic E-state index is 10.6. The Morgan fingerprint density at radius 2 is 2.18 bits per heavy atom. The second-order valence-electron chi connectivity index (χ2n) is 3.70. The minimum Gasteiger partial charge on any atom is -0.486 e. The first-order valence-electron chi connectivity index (χ1n) is 5.15. The number of carboxylic acids is 1. The van der Waals surface area contributed by atoms with Gasteiger partial charge in [0.2, 0.25) is 0 Å². The Bertz CT molecular complexity index is 449. The van der Waals surface area contributed by atoms with E-state index in [0.717, 1.165) is 0 Å². The van der Waals surface area contributed by atoms with Crippen LogP contribution in [0.3, 0.4) is 0 Å². The summed E-state index contributed by atoms with van der Waals surface area (Å²) in [5, 5.41) is 8.72. The summed E-state index contributed by atoms with van der Waals surface area (Å²) in [6, 6.07) is 2.93. The number of ether oxygens (including phenoxy) is 2. The largest absolute Gasteiger partial charge is 0.486 e. The van der Waals surface area contributed by atoms with Crippen LogP contribution in [-0.2, 0) is 4.79 Å². The molecule has 1 unspecified atom stereocenters. The molecule has 1 aliphatic rings. The molecule has 0 fully saturated rings. The van der Waals surface area contributed by atoms with Gasteiger partial charge in [-0.2, -0.15) is 0 Å². The summed E-state index contributed by atoms with van der Waals surface area (Å²) in [7, 11) is 0. The first-order valence-corrected chi connectivity index (χ1v) is 5.94. The van der Waals surface area contributed by atoms with Crippen LogP contribution in [0.5, 0.6) is 11.5 Å². The minimum atomic E-state index is -0.931. The highest BCUT2D eigenvalue weighted by Crippen LogP contribution is 2.41. The van der Waals surface area contributed by atoms with E-state index in [0.29, 0.717) is 34.7 Å². The third-order valence-corrected chi connectivity index (χ3v) is 3.29. The van der Waals surface area contributed by atoms with Crippen LogP contribution >= 0.6 is 15.9 Å². The average Bonchev–Trinajstić information content (AvgIpc) is 2.28. The van der Waals surface area contributed by atoms with Gasteiger partial charge in [-0.25, -0.2) is 0 Å². The summed E-state index contributed by atoms with van der Waals surface area (Å²) in [6.45, 7) is 0.989. The first kappa shape index (κ1) is 12.2. The molecule has 0 radical (unpaired) electrons. The lowest BCUT2D eigenvalue weighted by molar-refractivity contribution is -0.137. The lowest BCUT2D eigenvalue weighted by Crippen LogP contribution is -2.19. The van der Waals surface area contributed by atoms with E-state index in [2.05, 4.69) is 15.9 Å². The van der Waals surface area contributed by atoms with Crippen molar-refractivity contribution in [1.82, 2.24) is 0 Å². The van der Waals surface area contributed by atoms with Crippen molar-refractivity contribution in [2.24, 2.45) is 5.73 Å². The zero-order valence-corrected chi connectivity index (χ0v) is 10.6. The summed E-state index contributed by atoms with van der Waals surface area (Å²) >= 11 is 3.38. The van der Waals surface area contributed by atoms with Crippen molar-refractivity contribution in [1.29, 1.82) is 0 Å². The molecule has 92 valence electrons. The van der Waals surface area contributed by atoms with Crippen LogP contribution in [-0.4, -0.2) is 24.3 Å². The smallest absolute Gasteiger partial charge is 0.305 e. The highest BCUT2D eigenvalue weighted by molar-refractivity contribution is 9.10. The fraction of sp³-hybridized carbons (Fsp3) is 0.364. The van der Waals surface area contributed by atoms with Gasteiger partial charge in [-0.1, -0.05) is 6.07 Å². The van der Waals surface area contributed by atoms with Gasteiger partial charge in [-0.3, -0.25) is 4.79 Å². The highest BCUT2D eigenvalue weighted by Gasteiger charge is 2.21. The number of hydrogen-bond acceptors (Lipinski definition) is 4. The summed E-state index contributed by atoms with van der Waals surface area (Å²) in [4.78, 5) is 10.6. The molecule has 6 heteroatoms. The molecule has 0 spiro atoms. The van der Waals surface area contributed by atoms with Crippen LogP contribution in [0.15, 0.2) is 16.6 Å². The number of rotatable bonds is 3. The third kappa shape index (κ3) is 2.53. The van der Waals surface area contributed by atoms with E-state index in [1.165, 1.54) is 0 Å². The molecule has 1 aromatic rings. The monoisotopic (exact) mass is 301 g/mol. The van der Waals surface area contributed by atoms with E-state index in [1.54, 1.807) is 12.1 Å². The van der Waals surface area contributed by atoms with Crippen LogP contribution in [0, 0.1) is 0 Å². The quantitative estimate of drug-likeness (QED) is 0.888. The number of carboxylic acid groups (broad SMARTS) is 1. The highest BCUT2D eigenvalue weighted by atomic mass is 79.9. The summed E-state index contributed by atoms with van der Waals surface area (Å²) < 4.78 is 11.6. The molecule has 1 heterocycles. The van der Waals surface area contributed by atoms with Gasteiger partial charge in [-0.05, 0) is 27.6 Å². The zero-order valence-electron chi connectivity index (χ0n) is 8.98. The normalized spacial score (nSPS) is 15.4. The van der Waals surface area contributed by atoms with E-state index in [1.807, 2.05) is 0 Å². The number of fused-ring (bicyclic) bond motifs is 1. The summed E-state index contributed by atoms with van der Waals surface area (Å²) in [5.41, 5.74) is 6.53. The van der Waals surface area contributed by atoms with Gasteiger partial charge in [-0.15, -0.1) is 0 Å². The molecular weight excluding hydrogens is 290 g/mol. The molecule has 0 saturated heterocycles. The Balaban J connectivity index is 2.32. The van der Waals surface area contributed by atoms with Crippen LogP contribution in [0.25, 0.3) is 0 Å². The van der Waals surface area contributed by atoms with Crippen LogP contribution in [0.2, 0.25) is 0 Å².